The fourth-order valence-electron chi connectivity index (χ4n) is 22.1. The van der Waals surface area contributed by atoms with Gasteiger partial charge in [0.1, 0.15) is 0 Å². The van der Waals surface area contributed by atoms with Gasteiger partial charge in [0.25, 0.3) is 0 Å². The van der Waals surface area contributed by atoms with Crippen LogP contribution in [0.25, 0.3) is 253 Å². The lowest BCUT2D eigenvalue weighted by Gasteiger charge is -2.12. The van der Waals surface area contributed by atoms with Gasteiger partial charge in [-0.3, -0.25) is 0 Å². The number of hydrogen-bond donors (Lipinski definition) is 0. The Morgan fingerprint density at radius 1 is 0.0942 bits per heavy atom. The summed E-state index contributed by atoms with van der Waals surface area (Å²) in [4.78, 5) is 0. The minimum Gasteiger partial charge on any atom is -0.309 e. The van der Waals surface area contributed by atoms with Gasteiger partial charge in [-0.2, -0.15) is 0 Å². The van der Waals surface area contributed by atoms with Crippen molar-refractivity contribution in [3.63, 3.8) is 0 Å². The van der Waals surface area contributed by atoms with E-state index in [0.29, 0.717) is 0 Å². The highest BCUT2D eigenvalue weighted by atomic mass is 15.0. The van der Waals surface area contributed by atoms with E-state index in [4.69, 9.17) is 0 Å². The molecule has 29 rings (SSSR count). The van der Waals surface area contributed by atoms with E-state index in [0.717, 1.165) is 5.69 Å². The highest BCUT2D eigenvalue weighted by Gasteiger charge is 2.23. The first kappa shape index (κ1) is 79.4. The van der Waals surface area contributed by atoms with E-state index in [2.05, 4.69) is 549 Å². The molecule has 6 nitrogen and oxygen atoms in total. The summed E-state index contributed by atoms with van der Waals surface area (Å²) in [6, 6.07) is 190. The van der Waals surface area contributed by atoms with Crippen LogP contribution in [0.4, 0.5) is 0 Å². The van der Waals surface area contributed by atoms with Crippen LogP contribution in [0.15, 0.2) is 522 Å². The third-order valence-electron chi connectivity index (χ3n) is 28.5. The van der Waals surface area contributed by atoms with Crippen molar-refractivity contribution in [3.05, 3.63) is 522 Å². The van der Waals surface area contributed by atoms with Crippen molar-refractivity contribution in [1.82, 2.24) is 27.4 Å². The molecule has 0 amide bonds. The molecule has 6 aromatic heterocycles. The first-order valence-corrected chi connectivity index (χ1v) is 47.5. The van der Waals surface area contributed by atoms with Gasteiger partial charge in [0.05, 0.1) is 71.9 Å². The molecule has 0 N–H and O–H groups in total. The number of fused-ring (bicyclic) bond motifs is 21. The van der Waals surface area contributed by atoms with Crippen molar-refractivity contribution in [2.75, 3.05) is 0 Å². The Hall–Kier alpha value is -18.4. The second-order valence-electron chi connectivity index (χ2n) is 36.2. The second kappa shape index (κ2) is 32.8. The lowest BCUT2D eigenvalue weighted by atomic mass is 10.0. The molecule has 0 saturated heterocycles. The Bertz CT molecular complexity index is 9900. The van der Waals surface area contributed by atoms with E-state index in [1.807, 2.05) is 0 Å². The number of nitrogens with zero attached hydrogens (tertiary/aromatic N) is 6. The van der Waals surface area contributed by atoms with Gasteiger partial charge >= 0.3 is 0 Å². The Morgan fingerprint density at radius 2 is 0.312 bits per heavy atom. The van der Waals surface area contributed by atoms with Crippen LogP contribution in [-0.2, 0) is 0 Å². The SMILES string of the molecule is c1ccc(-c2ccc(-n3c4ccccc4c4cc(-c5ccc6c(c5)c5ccccc5n6-c5cccc6ccccc56)ccc43)cc2)cc1.c1ccc(-c2cccc(-n3c4ccccc4c4cc(-c5ccc6c(c5)c5ccccc5n6-c5ccc6ccccc6c5)ccc43)c2)cc1.c1ccc(-n2c3ccccc3c3cc(-c4ccc5c(c4)c4ccccc4n5-c4ccc5ccccc5c4)ccc32)cc1. The summed E-state index contributed by atoms with van der Waals surface area (Å²) in [5.74, 6) is 0. The van der Waals surface area contributed by atoms with Gasteiger partial charge in [-0.1, -0.05) is 346 Å². The number of para-hydroxylation sites is 7. The van der Waals surface area contributed by atoms with Gasteiger partial charge in [0.15, 0.2) is 0 Å². The standard InChI is InChI=1S/2C46H30N2.C40H26N2/c1-2-11-31(12-3-1)32-21-25-36(26-22-32)47-43-18-8-6-16-38(43)40-29-34(23-27-45(40)47)35-24-28-46-41(30-35)39-17-7-9-19-44(39)48(46)42-20-10-14-33-13-4-5-15-37(33)42;1-2-11-31(12-3-1)34-15-10-16-37(27-34)47-43-19-8-6-17-39(43)41-29-35(22-25-45(41)47)36-23-26-46-42(30-36)40-18-7-9-20-44(40)48(46)38-24-21-32-13-4-5-14-33(32)28-38;1-2-12-31(13-3-1)41-37-16-8-6-14-33(37)35-25-29(19-22-39(35)41)30-20-23-40-36(26-30)34-15-7-9-17-38(34)42(40)32-21-18-27-10-4-5-11-28(27)24-32/h2*1-30H;1-26H. The third kappa shape index (κ3) is 13.3. The molecule has 6 heteroatoms. The molecule has 0 saturated carbocycles. The summed E-state index contributed by atoms with van der Waals surface area (Å²) in [7, 11) is 0. The van der Waals surface area contributed by atoms with Gasteiger partial charge in [-0.25, -0.2) is 0 Å². The van der Waals surface area contributed by atoms with E-state index in [9.17, 15) is 0 Å². The van der Waals surface area contributed by atoms with E-state index in [-0.39, 0.29) is 0 Å². The number of rotatable bonds is 11. The Morgan fingerprint density at radius 3 is 0.688 bits per heavy atom. The van der Waals surface area contributed by atoms with Crippen molar-refractivity contribution < 1.29 is 0 Å². The van der Waals surface area contributed by atoms with Crippen LogP contribution in [0.2, 0.25) is 0 Å². The maximum Gasteiger partial charge on any atom is 0.0541 e. The number of aromatic nitrogens is 6. The van der Waals surface area contributed by atoms with Gasteiger partial charge in [0.2, 0.25) is 0 Å². The van der Waals surface area contributed by atoms with Crippen LogP contribution in [0.5, 0.6) is 0 Å². The summed E-state index contributed by atoms with van der Waals surface area (Å²) in [5.41, 5.74) is 33.9. The highest BCUT2D eigenvalue weighted by Crippen LogP contribution is 2.46. The van der Waals surface area contributed by atoms with Crippen LogP contribution >= 0.6 is 0 Å². The Labute approximate surface area is 796 Å². The molecule has 23 aromatic carbocycles. The molecule has 0 aliphatic heterocycles. The van der Waals surface area contributed by atoms with Crippen LogP contribution in [0, 0.1) is 0 Å². The molecule has 0 aliphatic carbocycles. The van der Waals surface area contributed by atoms with Crippen molar-refractivity contribution in [2.24, 2.45) is 0 Å². The summed E-state index contributed by atoms with van der Waals surface area (Å²) >= 11 is 0. The van der Waals surface area contributed by atoms with Crippen molar-refractivity contribution in [2.45, 2.75) is 0 Å². The fraction of sp³-hybridized carbons (Fsp3) is 0. The molecule has 0 radical (unpaired) electrons. The monoisotopic (exact) mass is 1750 g/mol. The molecule has 138 heavy (non-hydrogen) atoms. The zero-order valence-electron chi connectivity index (χ0n) is 75.3. The van der Waals surface area contributed by atoms with E-state index in [1.54, 1.807) is 0 Å². The lowest BCUT2D eigenvalue weighted by Crippen LogP contribution is -1.95. The quantitative estimate of drug-likeness (QED) is 0.124. The van der Waals surface area contributed by atoms with Crippen LogP contribution in [0.1, 0.15) is 0 Å². The maximum absolute atomic E-state index is 2.43. The molecular weight excluding hydrogens is 1670 g/mol. The molecule has 0 unspecified atom stereocenters. The molecule has 0 fully saturated rings. The first-order valence-electron chi connectivity index (χ1n) is 47.5. The van der Waals surface area contributed by atoms with Gasteiger partial charge < -0.3 is 27.4 Å². The van der Waals surface area contributed by atoms with Crippen molar-refractivity contribution in [3.8, 4) is 89.8 Å². The molecule has 0 spiro atoms. The number of hydrogen-bond acceptors (Lipinski definition) is 0. The molecule has 6 heterocycles. The lowest BCUT2D eigenvalue weighted by molar-refractivity contribution is 1.18. The molecule has 644 valence electrons. The smallest absolute Gasteiger partial charge is 0.0541 e. The average molecular weight is 1760 g/mol. The van der Waals surface area contributed by atoms with Crippen LogP contribution in [-0.4, -0.2) is 27.4 Å². The average Bonchev–Trinajstić information content (AvgIpc) is 1.59. The van der Waals surface area contributed by atoms with Gasteiger partial charge in [-0.05, 0) is 258 Å². The second-order valence-corrected chi connectivity index (χ2v) is 36.2. The van der Waals surface area contributed by atoms with E-state index >= 15 is 0 Å². The van der Waals surface area contributed by atoms with Crippen LogP contribution in [0.3, 0.4) is 0 Å². The Kier molecular flexibility index (Phi) is 18.9. The first-order chi connectivity index (χ1) is 68.4. The summed E-state index contributed by atoms with van der Waals surface area (Å²) < 4.78 is 14.4. The van der Waals surface area contributed by atoms with E-state index < -0.39 is 0 Å². The Balaban J connectivity index is 0.000000105. The fourth-order valence-corrected chi connectivity index (χ4v) is 22.1. The molecular formula is C132H86N6. The highest BCUT2D eigenvalue weighted by molar-refractivity contribution is 6.18. The zero-order valence-corrected chi connectivity index (χ0v) is 75.3. The van der Waals surface area contributed by atoms with Crippen molar-refractivity contribution in [1.29, 1.82) is 0 Å². The maximum atomic E-state index is 2.43. The van der Waals surface area contributed by atoms with Gasteiger partial charge in [0, 0.05) is 98.5 Å². The molecule has 0 bridgehead atoms. The third-order valence-corrected chi connectivity index (χ3v) is 28.5. The van der Waals surface area contributed by atoms with Crippen molar-refractivity contribution >= 4 is 163 Å². The summed E-state index contributed by atoms with van der Waals surface area (Å²) in [5, 5.41) is 22.7. The minimum atomic E-state index is 1.16. The van der Waals surface area contributed by atoms with E-state index in [1.165, 1.54) is 247 Å². The molecule has 0 atom stereocenters. The largest absolute Gasteiger partial charge is 0.309 e. The molecule has 29 aromatic rings. The predicted octanol–water partition coefficient (Wildman–Crippen LogP) is 35.4. The molecule has 0 aliphatic rings. The normalized spacial score (nSPS) is 11.8. The summed E-state index contributed by atoms with van der Waals surface area (Å²) in [6.45, 7) is 0. The van der Waals surface area contributed by atoms with Gasteiger partial charge in [-0.15, -0.1) is 0 Å². The van der Waals surface area contributed by atoms with Crippen LogP contribution < -0.4 is 0 Å². The minimum absolute atomic E-state index is 1.16. The zero-order chi connectivity index (χ0) is 90.8. The predicted molar refractivity (Wildman–Crippen MR) is 585 cm³/mol. The summed E-state index contributed by atoms with van der Waals surface area (Å²) in [6.07, 6.45) is 0. The number of benzene rings is 23. The topological polar surface area (TPSA) is 29.6 Å².